The van der Waals surface area contributed by atoms with Gasteiger partial charge in [0.1, 0.15) is 35.5 Å². The van der Waals surface area contributed by atoms with Crippen molar-refractivity contribution in [2.75, 3.05) is 48.4 Å². The van der Waals surface area contributed by atoms with Crippen LogP contribution in [0.25, 0.3) is 6.08 Å². The van der Waals surface area contributed by atoms with Crippen molar-refractivity contribution in [3.8, 4) is 11.5 Å². The number of nitrogens with one attached hydrogen (secondary N) is 2. The van der Waals surface area contributed by atoms with E-state index in [0.717, 1.165) is 0 Å². The smallest absolute Gasteiger partial charge is 0.247 e. The van der Waals surface area contributed by atoms with Crippen LogP contribution in [0.4, 0.5) is 0 Å². The van der Waals surface area contributed by atoms with Crippen LogP contribution < -0.4 is 20.1 Å². The Hall–Kier alpha value is -3.44. The molecule has 0 saturated carbocycles. The van der Waals surface area contributed by atoms with Crippen molar-refractivity contribution in [3.63, 3.8) is 0 Å². The number of nitrogens with zero attached hydrogens (tertiary/aromatic N) is 3. The van der Waals surface area contributed by atoms with Crippen molar-refractivity contribution in [2.24, 2.45) is 5.92 Å². The highest BCUT2D eigenvalue weighted by Crippen LogP contribution is 2.30. The summed E-state index contributed by atoms with van der Waals surface area (Å²) in [7, 11) is 8.65. The number of Topliss-reactive ketones (excluding diaryl/α,β-unsaturated/α-hetero) is 1. The minimum absolute atomic E-state index is 0.0201. The third-order valence-corrected chi connectivity index (χ3v) is 7.03. The molecule has 2 heterocycles. The monoisotopic (exact) mass is 557 g/mol. The number of carbonyl (C=O) groups excluding carboxylic acids is 4. The van der Waals surface area contributed by atoms with Gasteiger partial charge in [0.2, 0.25) is 17.7 Å². The summed E-state index contributed by atoms with van der Waals surface area (Å²) in [6.45, 7) is 4.43. The Morgan fingerprint density at radius 2 is 1.88 bits per heavy atom. The number of ketones is 1. The number of hydrogen-bond donors (Lipinski definition) is 2. The number of likely N-dealkylation sites (tertiary alicyclic amines) is 1. The molecule has 4 atom stereocenters. The highest BCUT2D eigenvalue weighted by Gasteiger charge is 2.46. The van der Waals surface area contributed by atoms with E-state index in [2.05, 4.69) is 10.6 Å². The Morgan fingerprint density at radius 3 is 2.50 bits per heavy atom. The number of amides is 3. The van der Waals surface area contributed by atoms with E-state index in [1.54, 1.807) is 69.4 Å². The second-order valence-corrected chi connectivity index (χ2v) is 11.3. The molecule has 2 N–H and O–H groups in total. The van der Waals surface area contributed by atoms with E-state index < -0.39 is 30.1 Å². The van der Waals surface area contributed by atoms with Gasteiger partial charge in [-0.05, 0) is 64.8 Å². The lowest BCUT2D eigenvalue weighted by molar-refractivity contribution is -0.145. The van der Waals surface area contributed by atoms with Crippen LogP contribution in [0.15, 0.2) is 24.4 Å². The Kier molecular flexibility index (Phi) is 10.7. The number of hydrogen-bond acceptors (Lipinski definition) is 8. The second kappa shape index (κ2) is 13.8. The summed E-state index contributed by atoms with van der Waals surface area (Å²) in [6.07, 6.45) is 3.42. The zero-order valence-electron chi connectivity index (χ0n) is 24.6. The van der Waals surface area contributed by atoms with Crippen LogP contribution >= 0.6 is 0 Å². The predicted molar refractivity (Wildman–Crippen MR) is 152 cm³/mol. The molecule has 2 aliphatic rings. The van der Waals surface area contributed by atoms with Gasteiger partial charge in [-0.2, -0.15) is 0 Å². The van der Waals surface area contributed by atoms with Gasteiger partial charge >= 0.3 is 0 Å². The van der Waals surface area contributed by atoms with E-state index in [-0.39, 0.29) is 43.0 Å². The van der Waals surface area contributed by atoms with Gasteiger partial charge in [0.15, 0.2) is 0 Å². The third kappa shape index (κ3) is 7.82. The normalized spacial score (nSPS) is 22.9. The highest BCUT2D eigenvalue weighted by molar-refractivity contribution is 5.96. The van der Waals surface area contributed by atoms with E-state index in [0.29, 0.717) is 29.9 Å². The summed E-state index contributed by atoms with van der Waals surface area (Å²) in [5, 5.41) is 5.65. The van der Waals surface area contributed by atoms with Gasteiger partial charge in [-0.25, -0.2) is 0 Å². The number of methoxy groups -OCH3 is 1. The molecule has 1 aromatic carbocycles. The van der Waals surface area contributed by atoms with Crippen LogP contribution in [-0.4, -0.2) is 111 Å². The maximum atomic E-state index is 13.9. The number of fused-ring (bicyclic) bond motifs is 3. The second-order valence-electron chi connectivity index (χ2n) is 11.3. The number of benzene rings is 1. The zero-order chi connectivity index (χ0) is 29.6. The standard InChI is InChI=1S/C29H43N5O6/c1-18(2)14-22-27(36)30-12-10-19-15-21(8-9-24(19)39-7)40-25-11-13-34(26(25)28(37)31-22)29(38)23(33(5)6)16-20(35)17-32(3)4/h8-10,12,15,18,22-23,25-26H,11,13-14,16-17H2,1-7H3,(H,30,36)(H,31,37)/b12-10-/t22-,23+,25-,26+/m0/s1. The van der Waals surface area contributed by atoms with Crippen molar-refractivity contribution in [1.82, 2.24) is 25.3 Å². The summed E-state index contributed by atoms with van der Waals surface area (Å²) < 4.78 is 11.8. The van der Waals surface area contributed by atoms with Crippen LogP contribution in [0.1, 0.15) is 38.7 Å². The minimum Gasteiger partial charge on any atom is -0.496 e. The first-order valence-electron chi connectivity index (χ1n) is 13.7. The minimum atomic E-state index is -0.986. The quantitative estimate of drug-likeness (QED) is 0.464. The number of ether oxygens (including phenoxy) is 2. The fraction of sp³-hybridized carbons (Fsp3) is 0.586. The molecule has 3 rings (SSSR count). The molecule has 0 unspecified atom stereocenters. The molecule has 40 heavy (non-hydrogen) atoms. The van der Waals surface area contributed by atoms with Gasteiger partial charge < -0.3 is 29.9 Å². The molecule has 11 nitrogen and oxygen atoms in total. The van der Waals surface area contributed by atoms with Crippen molar-refractivity contribution < 1.29 is 28.7 Å². The topological polar surface area (TPSA) is 121 Å². The SMILES string of the molecule is COc1ccc2cc1/C=C\NC(=O)[C@H](CC(C)C)NC(=O)[C@H]1[C@H](CCN1C(=O)[C@@H](CC(=O)CN(C)C)N(C)C)O2. The van der Waals surface area contributed by atoms with Gasteiger partial charge in [0, 0.05) is 31.1 Å². The lowest BCUT2D eigenvalue weighted by atomic mass is 10.0. The van der Waals surface area contributed by atoms with Gasteiger partial charge in [0.05, 0.1) is 19.7 Å². The van der Waals surface area contributed by atoms with E-state index in [1.165, 1.54) is 11.1 Å². The summed E-state index contributed by atoms with van der Waals surface area (Å²) in [5.41, 5.74) is 0.689. The molecule has 1 aromatic rings. The molecule has 220 valence electrons. The molecule has 3 amide bonds. The maximum Gasteiger partial charge on any atom is 0.247 e. The molecule has 0 spiro atoms. The van der Waals surface area contributed by atoms with Gasteiger partial charge in [-0.3, -0.25) is 24.1 Å². The largest absolute Gasteiger partial charge is 0.496 e. The molecule has 2 bridgehead atoms. The number of carbonyl (C=O) groups is 4. The van der Waals surface area contributed by atoms with Gasteiger partial charge in [-0.1, -0.05) is 13.8 Å². The van der Waals surface area contributed by atoms with Crippen LogP contribution in [0, 0.1) is 5.92 Å². The first-order valence-corrected chi connectivity index (χ1v) is 13.7. The first-order chi connectivity index (χ1) is 18.9. The van der Waals surface area contributed by atoms with Crippen LogP contribution in [-0.2, 0) is 19.2 Å². The van der Waals surface area contributed by atoms with E-state index in [4.69, 9.17) is 9.47 Å². The molecule has 1 saturated heterocycles. The van der Waals surface area contributed by atoms with E-state index in [9.17, 15) is 19.2 Å². The Bertz CT molecular complexity index is 1120. The Labute approximate surface area is 236 Å². The van der Waals surface area contributed by atoms with Crippen LogP contribution in [0.3, 0.4) is 0 Å². The highest BCUT2D eigenvalue weighted by atomic mass is 16.5. The molecule has 0 aliphatic carbocycles. The predicted octanol–water partition coefficient (Wildman–Crippen LogP) is 1.13. The fourth-order valence-electron chi connectivity index (χ4n) is 5.13. The van der Waals surface area contributed by atoms with Crippen molar-refractivity contribution in [2.45, 2.75) is 57.3 Å². The maximum absolute atomic E-state index is 13.9. The lowest BCUT2D eigenvalue weighted by Crippen LogP contribution is -2.58. The molecule has 2 aliphatic heterocycles. The Balaban J connectivity index is 1.99. The summed E-state index contributed by atoms with van der Waals surface area (Å²) in [5.74, 6) is 0.000938. The number of likely N-dealkylation sites (N-methyl/N-ethyl adjacent to an activating group) is 2. The molecule has 0 radical (unpaired) electrons. The number of rotatable bonds is 9. The van der Waals surface area contributed by atoms with Crippen molar-refractivity contribution in [1.29, 1.82) is 0 Å². The van der Waals surface area contributed by atoms with Crippen LogP contribution in [0.5, 0.6) is 11.5 Å². The third-order valence-electron chi connectivity index (χ3n) is 7.03. The van der Waals surface area contributed by atoms with Crippen molar-refractivity contribution in [3.05, 3.63) is 30.0 Å². The van der Waals surface area contributed by atoms with Crippen molar-refractivity contribution >= 4 is 29.6 Å². The summed E-state index contributed by atoms with van der Waals surface area (Å²) in [6, 6.07) is 2.73. The first kappa shape index (κ1) is 31.1. The molecule has 11 heteroatoms. The summed E-state index contributed by atoms with van der Waals surface area (Å²) >= 11 is 0. The fourth-order valence-corrected chi connectivity index (χ4v) is 5.13. The average molecular weight is 558 g/mol. The van der Waals surface area contributed by atoms with E-state index >= 15 is 0 Å². The zero-order valence-corrected chi connectivity index (χ0v) is 24.6. The van der Waals surface area contributed by atoms with E-state index in [1.807, 2.05) is 13.8 Å². The molecular formula is C29H43N5O6. The lowest BCUT2D eigenvalue weighted by Gasteiger charge is -2.33. The molecule has 1 fully saturated rings. The average Bonchev–Trinajstić information content (AvgIpc) is 3.28. The summed E-state index contributed by atoms with van der Waals surface area (Å²) in [4.78, 5) is 58.5. The Morgan fingerprint density at radius 1 is 1.15 bits per heavy atom. The molecule has 0 aromatic heterocycles. The molecular weight excluding hydrogens is 514 g/mol. The van der Waals surface area contributed by atoms with Gasteiger partial charge in [-0.15, -0.1) is 0 Å². The van der Waals surface area contributed by atoms with Gasteiger partial charge in [0.25, 0.3) is 0 Å². The van der Waals surface area contributed by atoms with Crippen LogP contribution in [0.2, 0.25) is 0 Å².